The fourth-order valence-corrected chi connectivity index (χ4v) is 2.53. The second kappa shape index (κ2) is 7.32. The molecular formula is C14H24N2O. The van der Waals surface area contributed by atoms with Gasteiger partial charge in [0.1, 0.15) is 0 Å². The number of amides is 1. The predicted octanol–water partition coefficient (Wildman–Crippen LogP) is 2.96. The normalized spacial score (nSPS) is 16.1. The van der Waals surface area contributed by atoms with E-state index >= 15 is 0 Å². The van der Waals surface area contributed by atoms with Crippen molar-refractivity contribution in [3.63, 3.8) is 0 Å². The van der Waals surface area contributed by atoms with Crippen LogP contribution < -0.4 is 0 Å². The van der Waals surface area contributed by atoms with Crippen molar-refractivity contribution < 1.29 is 4.79 Å². The Kier molecular flexibility index (Phi) is 6.04. The monoisotopic (exact) mass is 236 g/mol. The van der Waals surface area contributed by atoms with Gasteiger partial charge in [-0.25, -0.2) is 0 Å². The lowest BCUT2D eigenvalue weighted by Crippen LogP contribution is -2.35. The molecule has 0 N–H and O–H groups in total. The van der Waals surface area contributed by atoms with Crippen LogP contribution in [0.4, 0.5) is 0 Å². The van der Waals surface area contributed by atoms with Crippen molar-refractivity contribution in [3.8, 4) is 6.07 Å². The van der Waals surface area contributed by atoms with E-state index in [1.807, 2.05) is 4.90 Å². The molecule has 3 nitrogen and oxygen atoms in total. The largest absolute Gasteiger partial charge is 0.341 e. The highest BCUT2D eigenvalue weighted by Gasteiger charge is 2.22. The summed E-state index contributed by atoms with van der Waals surface area (Å²) in [4.78, 5) is 14.0. The van der Waals surface area contributed by atoms with Gasteiger partial charge in [-0.3, -0.25) is 4.79 Å². The molecule has 1 fully saturated rings. The third-order valence-electron chi connectivity index (χ3n) is 3.37. The van der Waals surface area contributed by atoms with Crippen LogP contribution in [-0.4, -0.2) is 23.9 Å². The molecule has 0 atom stereocenters. The summed E-state index contributed by atoms with van der Waals surface area (Å²) in [6, 6.07) is 2.13. The first-order chi connectivity index (χ1) is 8.13. The highest BCUT2D eigenvalue weighted by atomic mass is 16.2. The zero-order chi connectivity index (χ0) is 12.7. The molecule has 17 heavy (non-hydrogen) atoms. The van der Waals surface area contributed by atoms with Crippen molar-refractivity contribution >= 4 is 5.91 Å². The van der Waals surface area contributed by atoms with Gasteiger partial charge in [-0.05, 0) is 24.7 Å². The maximum atomic E-state index is 12.2. The number of nitriles is 1. The summed E-state index contributed by atoms with van der Waals surface area (Å²) < 4.78 is 0. The number of hydrogen-bond donors (Lipinski definition) is 0. The van der Waals surface area contributed by atoms with E-state index in [-0.39, 0.29) is 5.91 Å². The summed E-state index contributed by atoms with van der Waals surface area (Å²) in [6.45, 7) is 5.61. The number of carbonyl (C=O) groups is 1. The quantitative estimate of drug-likeness (QED) is 0.711. The molecule has 0 aromatic carbocycles. The van der Waals surface area contributed by atoms with E-state index in [1.54, 1.807) is 0 Å². The zero-order valence-electron chi connectivity index (χ0n) is 11.1. The summed E-state index contributed by atoms with van der Waals surface area (Å²) in [7, 11) is 0. The Morgan fingerprint density at radius 2 is 2.06 bits per heavy atom. The standard InChI is InChI=1S/C14H24N2O/c1-12(2)11-16(9-5-8-15)14(17)10-13-6-3-4-7-13/h12-13H,3-7,9-11H2,1-2H3. The number of carbonyl (C=O) groups excluding carboxylic acids is 1. The molecular weight excluding hydrogens is 212 g/mol. The molecule has 0 bridgehead atoms. The van der Waals surface area contributed by atoms with Crippen LogP contribution in [0, 0.1) is 23.2 Å². The van der Waals surface area contributed by atoms with Crippen LogP contribution in [0.2, 0.25) is 0 Å². The molecule has 1 aliphatic carbocycles. The molecule has 0 radical (unpaired) electrons. The van der Waals surface area contributed by atoms with Crippen LogP contribution >= 0.6 is 0 Å². The first-order valence-corrected chi connectivity index (χ1v) is 6.78. The molecule has 0 spiro atoms. The van der Waals surface area contributed by atoms with Crippen molar-refractivity contribution in [2.75, 3.05) is 13.1 Å². The molecule has 1 rings (SSSR count). The van der Waals surface area contributed by atoms with Gasteiger partial charge in [0.2, 0.25) is 5.91 Å². The minimum Gasteiger partial charge on any atom is -0.341 e. The van der Waals surface area contributed by atoms with E-state index in [0.29, 0.717) is 31.2 Å². The second-order valence-corrected chi connectivity index (χ2v) is 5.50. The van der Waals surface area contributed by atoms with Gasteiger partial charge in [0.15, 0.2) is 0 Å². The average Bonchev–Trinajstić information content (AvgIpc) is 2.76. The average molecular weight is 236 g/mol. The van der Waals surface area contributed by atoms with E-state index in [0.717, 1.165) is 6.54 Å². The molecule has 0 aromatic rings. The van der Waals surface area contributed by atoms with E-state index in [2.05, 4.69) is 19.9 Å². The molecule has 1 saturated carbocycles. The first-order valence-electron chi connectivity index (χ1n) is 6.78. The lowest BCUT2D eigenvalue weighted by molar-refractivity contribution is -0.132. The van der Waals surface area contributed by atoms with Crippen LogP contribution in [0.25, 0.3) is 0 Å². The van der Waals surface area contributed by atoms with Gasteiger partial charge >= 0.3 is 0 Å². The third-order valence-corrected chi connectivity index (χ3v) is 3.37. The summed E-state index contributed by atoms with van der Waals surface area (Å²) in [5.41, 5.74) is 0. The Labute approximate surface area is 105 Å². The SMILES string of the molecule is CC(C)CN(CCC#N)C(=O)CC1CCCC1. The number of rotatable bonds is 6. The Morgan fingerprint density at radius 3 is 2.59 bits per heavy atom. The van der Waals surface area contributed by atoms with Gasteiger partial charge in [-0.15, -0.1) is 0 Å². The predicted molar refractivity (Wildman–Crippen MR) is 68.2 cm³/mol. The fourth-order valence-electron chi connectivity index (χ4n) is 2.53. The van der Waals surface area contributed by atoms with Crippen molar-refractivity contribution in [3.05, 3.63) is 0 Å². The third kappa shape index (κ3) is 5.21. The highest BCUT2D eigenvalue weighted by molar-refractivity contribution is 5.76. The zero-order valence-corrected chi connectivity index (χ0v) is 11.1. The molecule has 1 amide bonds. The Morgan fingerprint density at radius 1 is 1.41 bits per heavy atom. The maximum Gasteiger partial charge on any atom is 0.222 e. The molecule has 3 heteroatoms. The van der Waals surface area contributed by atoms with E-state index in [4.69, 9.17) is 5.26 Å². The Bertz CT molecular complexity index is 274. The van der Waals surface area contributed by atoms with Gasteiger partial charge in [-0.1, -0.05) is 26.7 Å². The number of nitrogens with zero attached hydrogens (tertiary/aromatic N) is 2. The van der Waals surface area contributed by atoms with Gasteiger partial charge < -0.3 is 4.90 Å². The van der Waals surface area contributed by atoms with Crippen LogP contribution in [0.5, 0.6) is 0 Å². The van der Waals surface area contributed by atoms with Crippen molar-refractivity contribution in [1.82, 2.24) is 4.90 Å². The molecule has 0 saturated heterocycles. The first kappa shape index (κ1) is 14.0. The minimum atomic E-state index is 0.251. The van der Waals surface area contributed by atoms with Gasteiger partial charge in [0.05, 0.1) is 12.5 Å². The van der Waals surface area contributed by atoms with Crippen LogP contribution in [0.15, 0.2) is 0 Å². The summed E-state index contributed by atoms with van der Waals surface area (Å²) >= 11 is 0. The topological polar surface area (TPSA) is 44.1 Å². The van der Waals surface area contributed by atoms with E-state index in [9.17, 15) is 4.79 Å². The molecule has 96 valence electrons. The van der Waals surface area contributed by atoms with Crippen LogP contribution in [-0.2, 0) is 4.79 Å². The lowest BCUT2D eigenvalue weighted by atomic mass is 10.0. The number of hydrogen-bond acceptors (Lipinski definition) is 2. The van der Waals surface area contributed by atoms with E-state index in [1.165, 1.54) is 25.7 Å². The highest BCUT2D eigenvalue weighted by Crippen LogP contribution is 2.28. The molecule has 0 unspecified atom stereocenters. The van der Waals surface area contributed by atoms with Gasteiger partial charge in [0, 0.05) is 19.5 Å². The Balaban J connectivity index is 2.43. The fraction of sp³-hybridized carbons (Fsp3) is 0.857. The molecule has 0 heterocycles. The molecule has 0 aromatic heterocycles. The molecule has 0 aliphatic heterocycles. The second-order valence-electron chi connectivity index (χ2n) is 5.50. The van der Waals surface area contributed by atoms with Gasteiger partial charge in [0.25, 0.3) is 0 Å². The smallest absolute Gasteiger partial charge is 0.222 e. The van der Waals surface area contributed by atoms with Gasteiger partial charge in [-0.2, -0.15) is 5.26 Å². The van der Waals surface area contributed by atoms with Crippen molar-refractivity contribution in [2.24, 2.45) is 11.8 Å². The van der Waals surface area contributed by atoms with Crippen molar-refractivity contribution in [2.45, 2.75) is 52.4 Å². The Hall–Kier alpha value is -1.04. The molecule has 1 aliphatic rings. The minimum absolute atomic E-state index is 0.251. The summed E-state index contributed by atoms with van der Waals surface area (Å²) in [6.07, 6.45) is 6.11. The van der Waals surface area contributed by atoms with Crippen molar-refractivity contribution in [1.29, 1.82) is 5.26 Å². The maximum absolute atomic E-state index is 12.2. The lowest BCUT2D eigenvalue weighted by Gasteiger charge is -2.25. The van der Waals surface area contributed by atoms with E-state index < -0.39 is 0 Å². The summed E-state index contributed by atoms with van der Waals surface area (Å²) in [5.74, 6) is 1.32. The summed E-state index contributed by atoms with van der Waals surface area (Å²) in [5, 5.41) is 8.63. The van der Waals surface area contributed by atoms with Crippen LogP contribution in [0.1, 0.15) is 52.4 Å². The van der Waals surface area contributed by atoms with Crippen LogP contribution in [0.3, 0.4) is 0 Å².